The number of carbonyl (C=O) groups is 2. The Kier molecular flexibility index (Phi) is 3.57. The number of esters is 1. The second kappa shape index (κ2) is 4.41. The van der Waals surface area contributed by atoms with Crippen LogP contribution in [0.1, 0.15) is 33.6 Å². The van der Waals surface area contributed by atoms with E-state index in [2.05, 4.69) is 0 Å². The average molecular weight is 229 g/mol. The largest absolute Gasteiger partial charge is 0.481 e. The SMILES string of the molecule is CC(C)(C)OC(=O)C(C(=O)O)C(N)C1CC1. The highest BCUT2D eigenvalue weighted by molar-refractivity contribution is 5.95. The van der Waals surface area contributed by atoms with E-state index in [0.717, 1.165) is 12.8 Å². The van der Waals surface area contributed by atoms with E-state index in [4.69, 9.17) is 15.6 Å². The zero-order valence-corrected chi connectivity index (χ0v) is 9.90. The van der Waals surface area contributed by atoms with Gasteiger partial charge in [-0.3, -0.25) is 9.59 Å². The Bertz CT molecular complexity index is 291. The van der Waals surface area contributed by atoms with Crippen LogP contribution in [0.2, 0.25) is 0 Å². The number of ether oxygens (including phenoxy) is 1. The molecule has 0 aromatic rings. The van der Waals surface area contributed by atoms with Gasteiger partial charge >= 0.3 is 11.9 Å². The maximum atomic E-state index is 11.7. The molecule has 1 aliphatic carbocycles. The lowest BCUT2D eigenvalue weighted by atomic mass is 9.96. The van der Waals surface area contributed by atoms with E-state index in [1.165, 1.54) is 0 Å². The number of rotatable bonds is 4. The van der Waals surface area contributed by atoms with Gasteiger partial charge in [0.25, 0.3) is 0 Å². The molecule has 0 spiro atoms. The maximum absolute atomic E-state index is 11.7. The van der Waals surface area contributed by atoms with Gasteiger partial charge in [-0.15, -0.1) is 0 Å². The lowest BCUT2D eigenvalue weighted by Crippen LogP contribution is -2.45. The first-order valence-corrected chi connectivity index (χ1v) is 5.43. The van der Waals surface area contributed by atoms with E-state index in [1.807, 2.05) is 0 Å². The van der Waals surface area contributed by atoms with Crippen molar-refractivity contribution in [3.8, 4) is 0 Å². The van der Waals surface area contributed by atoms with E-state index in [9.17, 15) is 9.59 Å². The molecule has 0 aliphatic heterocycles. The molecule has 1 saturated carbocycles. The maximum Gasteiger partial charge on any atom is 0.322 e. The smallest absolute Gasteiger partial charge is 0.322 e. The number of carboxylic acid groups (broad SMARTS) is 1. The number of aliphatic carboxylic acids is 1. The van der Waals surface area contributed by atoms with Crippen LogP contribution in [0.15, 0.2) is 0 Å². The summed E-state index contributed by atoms with van der Waals surface area (Å²) in [5.41, 5.74) is 5.08. The lowest BCUT2D eigenvalue weighted by Gasteiger charge is -2.24. The minimum absolute atomic E-state index is 0.147. The van der Waals surface area contributed by atoms with Crippen molar-refractivity contribution < 1.29 is 19.4 Å². The summed E-state index contributed by atoms with van der Waals surface area (Å²) in [7, 11) is 0. The third-order valence-corrected chi connectivity index (χ3v) is 2.48. The Morgan fingerprint density at radius 1 is 1.38 bits per heavy atom. The zero-order valence-electron chi connectivity index (χ0n) is 9.90. The zero-order chi connectivity index (χ0) is 12.5. The van der Waals surface area contributed by atoms with Crippen LogP contribution in [0.5, 0.6) is 0 Å². The first-order valence-electron chi connectivity index (χ1n) is 5.43. The van der Waals surface area contributed by atoms with Crippen molar-refractivity contribution in [2.75, 3.05) is 0 Å². The highest BCUT2D eigenvalue weighted by Crippen LogP contribution is 2.35. The molecule has 2 atom stereocenters. The third kappa shape index (κ3) is 3.48. The third-order valence-electron chi connectivity index (χ3n) is 2.48. The molecule has 92 valence electrons. The molecule has 5 nitrogen and oxygen atoms in total. The van der Waals surface area contributed by atoms with Gasteiger partial charge in [0, 0.05) is 6.04 Å². The Labute approximate surface area is 95.0 Å². The van der Waals surface area contributed by atoms with Gasteiger partial charge in [0.15, 0.2) is 5.92 Å². The van der Waals surface area contributed by atoms with Gasteiger partial charge < -0.3 is 15.6 Å². The van der Waals surface area contributed by atoms with Crippen molar-refractivity contribution >= 4 is 11.9 Å². The van der Waals surface area contributed by atoms with Crippen molar-refractivity contribution in [3.05, 3.63) is 0 Å². The van der Waals surface area contributed by atoms with Crippen molar-refractivity contribution in [1.29, 1.82) is 0 Å². The summed E-state index contributed by atoms with van der Waals surface area (Å²) in [5.74, 6) is -3.03. The number of hydrogen-bond acceptors (Lipinski definition) is 4. The number of carboxylic acids is 1. The molecule has 5 heteroatoms. The second-order valence-corrected chi connectivity index (χ2v) is 5.26. The van der Waals surface area contributed by atoms with Crippen LogP contribution in [0.4, 0.5) is 0 Å². The van der Waals surface area contributed by atoms with Crippen molar-refractivity contribution in [2.45, 2.75) is 45.3 Å². The van der Waals surface area contributed by atoms with Gasteiger partial charge in [0.2, 0.25) is 0 Å². The molecule has 0 aromatic heterocycles. The first kappa shape index (κ1) is 13.0. The average Bonchev–Trinajstić information content (AvgIpc) is 2.80. The Balaban J connectivity index is 2.69. The van der Waals surface area contributed by atoms with Crippen LogP contribution < -0.4 is 5.73 Å². The molecule has 0 aromatic carbocycles. The molecule has 0 bridgehead atoms. The molecule has 3 N–H and O–H groups in total. The normalized spacial score (nSPS) is 20.0. The van der Waals surface area contributed by atoms with Gasteiger partial charge in [-0.05, 0) is 39.5 Å². The quantitative estimate of drug-likeness (QED) is 0.549. The van der Waals surface area contributed by atoms with E-state index >= 15 is 0 Å². The fourth-order valence-corrected chi connectivity index (χ4v) is 1.54. The molecule has 0 heterocycles. The highest BCUT2D eigenvalue weighted by Gasteiger charge is 2.43. The molecule has 16 heavy (non-hydrogen) atoms. The van der Waals surface area contributed by atoms with Crippen LogP contribution in [-0.4, -0.2) is 28.7 Å². The van der Waals surface area contributed by atoms with Gasteiger partial charge in [-0.1, -0.05) is 0 Å². The van der Waals surface area contributed by atoms with E-state index < -0.39 is 29.5 Å². The number of hydrogen-bond donors (Lipinski definition) is 2. The summed E-state index contributed by atoms with van der Waals surface area (Å²) in [4.78, 5) is 22.7. The standard InChI is InChI=1S/C11H19NO4/c1-11(2,3)16-10(15)7(9(13)14)8(12)6-4-5-6/h6-8H,4-5,12H2,1-3H3,(H,13,14). The highest BCUT2D eigenvalue weighted by atomic mass is 16.6. The molecular formula is C11H19NO4. The number of carbonyl (C=O) groups excluding carboxylic acids is 1. The van der Waals surface area contributed by atoms with E-state index in [-0.39, 0.29) is 5.92 Å². The molecule has 1 fully saturated rings. The Hall–Kier alpha value is -1.10. The second-order valence-electron chi connectivity index (χ2n) is 5.26. The molecule has 0 amide bonds. The van der Waals surface area contributed by atoms with Crippen LogP contribution in [-0.2, 0) is 14.3 Å². The minimum Gasteiger partial charge on any atom is -0.481 e. The summed E-state index contributed by atoms with van der Waals surface area (Å²) < 4.78 is 5.06. The van der Waals surface area contributed by atoms with Gasteiger partial charge in [0.1, 0.15) is 5.60 Å². The molecule has 0 saturated heterocycles. The van der Waals surface area contributed by atoms with Crippen molar-refractivity contribution in [1.82, 2.24) is 0 Å². The Morgan fingerprint density at radius 3 is 2.19 bits per heavy atom. The lowest BCUT2D eigenvalue weighted by molar-refractivity contribution is -0.168. The summed E-state index contributed by atoms with van der Waals surface area (Å²) >= 11 is 0. The fourth-order valence-electron chi connectivity index (χ4n) is 1.54. The van der Waals surface area contributed by atoms with Crippen LogP contribution in [0, 0.1) is 11.8 Å². The number of nitrogens with two attached hydrogens (primary N) is 1. The van der Waals surface area contributed by atoms with Crippen LogP contribution in [0.3, 0.4) is 0 Å². The van der Waals surface area contributed by atoms with Crippen LogP contribution >= 0.6 is 0 Å². The van der Waals surface area contributed by atoms with Gasteiger partial charge in [-0.2, -0.15) is 0 Å². The van der Waals surface area contributed by atoms with Crippen molar-refractivity contribution in [2.24, 2.45) is 17.6 Å². The van der Waals surface area contributed by atoms with Crippen LogP contribution in [0.25, 0.3) is 0 Å². The van der Waals surface area contributed by atoms with E-state index in [1.54, 1.807) is 20.8 Å². The minimum atomic E-state index is -1.24. The predicted molar refractivity (Wildman–Crippen MR) is 57.7 cm³/mol. The summed E-state index contributed by atoms with van der Waals surface area (Å²) in [6.07, 6.45) is 1.79. The monoisotopic (exact) mass is 229 g/mol. The molecule has 1 rings (SSSR count). The van der Waals surface area contributed by atoms with Gasteiger partial charge in [-0.25, -0.2) is 0 Å². The Morgan fingerprint density at radius 2 is 1.88 bits per heavy atom. The first-order chi connectivity index (χ1) is 7.22. The summed E-state index contributed by atoms with van der Waals surface area (Å²) in [6.45, 7) is 5.10. The van der Waals surface area contributed by atoms with Gasteiger partial charge in [0.05, 0.1) is 0 Å². The summed E-state index contributed by atoms with van der Waals surface area (Å²) in [5, 5.41) is 9.01. The molecule has 2 unspecified atom stereocenters. The van der Waals surface area contributed by atoms with Crippen molar-refractivity contribution in [3.63, 3.8) is 0 Å². The van der Waals surface area contributed by atoms with E-state index in [0.29, 0.717) is 0 Å². The predicted octanol–water partition coefficient (Wildman–Crippen LogP) is 0.766. The summed E-state index contributed by atoms with van der Waals surface area (Å²) in [6, 6.07) is -0.632. The molecule has 0 radical (unpaired) electrons. The fraction of sp³-hybridized carbons (Fsp3) is 0.818. The molecular weight excluding hydrogens is 210 g/mol. The topological polar surface area (TPSA) is 89.6 Å². The molecule has 1 aliphatic rings.